The zero-order valence-electron chi connectivity index (χ0n) is 24.5. The molecule has 5 aromatic rings. The van der Waals surface area contributed by atoms with E-state index in [0.29, 0.717) is 15.9 Å². The Morgan fingerprint density at radius 1 is 1.00 bits per heavy atom. The summed E-state index contributed by atoms with van der Waals surface area (Å²) in [6.07, 6.45) is 1.03. The van der Waals surface area contributed by atoms with Crippen LogP contribution in [0.25, 0.3) is 21.8 Å². The van der Waals surface area contributed by atoms with Gasteiger partial charge in [0.05, 0.1) is 6.10 Å². The number of aliphatic hydroxyl groups excluding tert-OH is 1. The minimum atomic E-state index is -1.06. The number of amides is 3. The van der Waals surface area contributed by atoms with Gasteiger partial charge in [0.25, 0.3) is 5.91 Å². The van der Waals surface area contributed by atoms with Crippen molar-refractivity contribution in [2.45, 2.75) is 37.6 Å². The van der Waals surface area contributed by atoms with E-state index in [0.717, 1.165) is 22.0 Å². The quantitative estimate of drug-likeness (QED) is 0.209. The first-order valence-electron chi connectivity index (χ1n) is 14.6. The number of nitrogens with one attached hydrogen (secondary N) is 3. The van der Waals surface area contributed by atoms with E-state index in [2.05, 4.69) is 15.3 Å². The lowest BCUT2D eigenvalue weighted by molar-refractivity contribution is -0.136. The van der Waals surface area contributed by atoms with Gasteiger partial charge in [-0.3, -0.25) is 19.2 Å². The highest BCUT2D eigenvalue weighted by atomic mass is 35.5. The topological polar surface area (TPSA) is 139 Å². The van der Waals surface area contributed by atoms with Crippen LogP contribution in [-0.2, 0) is 22.6 Å². The number of hydrogen-bond acceptors (Lipinski definition) is 5. The fourth-order valence-corrected chi connectivity index (χ4v) is 6.16. The van der Waals surface area contributed by atoms with Crippen molar-refractivity contribution < 1.29 is 19.5 Å². The largest absolute Gasteiger partial charge is 0.391 e. The first kappa shape index (κ1) is 30.1. The number of likely N-dealkylation sites (N-methyl/N-ethyl adjacent to an activating group) is 1. The SMILES string of the molecule is CN(Cc1ccccc1Cl)C(=O)C(Cc1c[nH]c2ccccc12)NC(=O)C1CC(O)CN1C(=O)c1cc(=O)c2ccccc2[nH]1. The Balaban J connectivity index is 1.27. The minimum absolute atomic E-state index is 0.0106. The van der Waals surface area contributed by atoms with Gasteiger partial charge in [0.15, 0.2) is 5.43 Å². The standard InChI is InChI=1S/C34H32ClN5O5/c1-39(18-20-8-2-5-11-25(20)35)33(44)28(14-21-17-36-26-12-6-3-9-23(21)26)38-32(43)30-15-22(41)19-40(30)34(45)29-16-31(42)24-10-4-7-13-27(24)37-29/h2-13,16-17,22,28,30,36,41H,14-15,18-19H2,1H3,(H,37,42)(H,38,43). The highest BCUT2D eigenvalue weighted by molar-refractivity contribution is 6.31. The summed E-state index contributed by atoms with van der Waals surface area (Å²) in [5.41, 5.74) is 2.65. The number of aromatic amines is 2. The number of β-amino-alcohol motifs (C(OH)–C–C–N with tert-alkyl or cyclic N) is 1. The maximum absolute atomic E-state index is 13.9. The van der Waals surface area contributed by atoms with Gasteiger partial charge in [-0.1, -0.05) is 60.1 Å². The Kier molecular flexibility index (Phi) is 8.42. The first-order valence-corrected chi connectivity index (χ1v) is 15.0. The summed E-state index contributed by atoms with van der Waals surface area (Å²) in [5.74, 6) is -1.51. The molecule has 10 nitrogen and oxygen atoms in total. The van der Waals surface area contributed by atoms with Gasteiger partial charge >= 0.3 is 0 Å². The molecule has 1 aliphatic rings. The van der Waals surface area contributed by atoms with Crippen LogP contribution in [0.15, 0.2) is 89.9 Å². The number of pyridine rings is 1. The van der Waals surface area contributed by atoms with Gasteiger partial charge in [0.1, 0.15) is 17.8 Å². The van der Waals surface area contributed by atoms with Crippen molar-refractivity contribution in [3.05, 3.63) is 117 Å². The molecule has 0 aliphatic carbocycles. The van der Waals surface area contributed by atoms with Crippen LogP contribution in [0.3, 0.4) is 0 Å². The monoisotopic (exact) mass is 625 g/mol. The van der Waals surface area contributed by atoms with Gasteiger partial charge in [-0.15, -0.1) is 0 Å². The van der Waals surface area contributed by atoms with Gasteiger partial charge in [-0.2, -0.15) is 0 Å². The number of H-pyrrole nitrogens is 2. The zero-order chi connectivity index (χ0) is 31.7. The maximum atomic E-state index is 13.9. The third kappa shape index (κ3) is 6.20. The Bertz CT molecular complexity index is 1970. The molecule has 45 heavy (non-hydrogen) atoms. The second-order valence-corrected chi connectivity index (χ2v) is 11.8. The minimum Gasteiger partial charge on any atom is -0.391 e. The van der Waals surface area contributed by atoms with Crippen molar-refractivity contribution in [3.63, 3.8) is 0 Å². The van der Waals surface area contributed by atoms with Crippen LogP contribution in [0.4, 0.5) is 0 Å². The number of halogens is 1. The van der Waals surface area contributed by atoms with Crippen LogP contribution < -0.4 is 10.7 Å². The van der Waals surface area contributed by atoms with Crippen LogP contribution in [0.1, 0.15) is 28.0 Å². The van der Waals surface area contributed by atoms with Gasteiger partial charge in [0.2, 0.25) is 11.8 Å². The molecule has 0 spiro atoms. The van der Waals surface area contributed by atoms with Gasteiger partial charge in [-0.25, -0.2) is 0 Å². The summed E-state index contributed by atoms with van der Waals surface area (Å²) in [5, 5.41) is 15.3. The lowest BCUT2D eigenvalue weighted by atomic mass is 10.0. The highest BCUT2D eigenvalue weighted by Gasteiger charge is 2.41. The predicted molar refractivity (Wildman–Crippen MR) is 172 cm³/mol. The summed E-state index contributed by atoms with van der Waals surface area (Å²) < 4.78 is 0. The molecule has 2 aromatic heterocycles. The van der Waals surface area contributed by atoms with E-state index in [1.165, 1.54) is 15.9 Å². The lowest BCUT2D eigenvalue weighted by Crippen LogP contribution is -2.54. The number of benzene rings is 3. The van der Waals surface area contributed by atoms with Gasteiger partial charge in [0, 0.05) is 72.1 Å². The Morgan fingerprint density at radius 3 is 2.47 bits per heavy atom. The van der Waals surface area contributed by atoms with Crippen molar-refractivity contribution in [3.8, 4) is 0 Å². The number of likely N-dealkylation sites (tertiary alicyclic amines) is 1. The Hall–Kier alpha value is -4.93. The smallest absolute Gasteiger partial charge is 0.271 e. The van der Waals surface area contributed by atoms with Crippen molar-refractivity contribution in [2.24, 2.45) is 0 Å². The summed E-state index contributed by atoms with van der Waals surface area (Å²) in [6, 6.07) is 20.9. The molecule has 3 heterocycles. The van der Waals surface area contributed by atoms with Crippen LogP contribution >= 0.6 is 11.6 Å². The van der Waals surface area contributed by atoms with E-state index in [1.807, 2.05) is 48.7 Å². The molecule has 4 N–H and O–H groups in total. The fraction of sp³-hybridized carbons (Fsp3) is 0.235. The van der Waals surface area contributed by atoms with Gasteiger partial charge in [-0.05, 0) is 35.4 Å². The molecule has 0 radical (unpaired) electrons. The van der Waals surface area contributed by atoms with Crippen molar-refractivity contribution in [1.82, 2.24) is 25.1 Å². The molecule has 1 aliphatic heterocycles. The predicted octanol–water partition coefficient (Wildman–Crippen LogP) is 3.62. The maximum Gasteiger partial charge on any atom is 0.271 e. The number of nitrogens with zero attached hydrogens (tertiary/aromatic N) is 2. The van der Waals surface area contributed by atoms with Crippen molar-refractivity contribution >= 4 is 51.1 Å². The average Bonchev–Trinajstić information content (AvgIpc) is 3.64. The number of para-hydroxylation sites is 2. The molecule has 3 aromatic carbocycles. The molecule has 3 unspecified atom stereocenters. The average molecular weight is 626 g/mol. The first-order chi connectivity index (χ1) is 21.7. The number of carbonyl (C=O) groups excluding carboxylic acids is 3. The normalized spacial score (nSPS) is 17.0. The molecule has 230 valence electrons. The van der Waals surface area contributed by atoms with E-state index in [-0.39, 0.29) is 43.0 Å². The van der Waals surface area contributed by atoms with Crippen LogP contribution in [0, 0.1) is 0 Å². The second-order valence-electron chi connectivity index (χ2n) is 11.4. The third-order valence-electron chi connectivity index (χ3n) is 8.27. The van der Waals surface area contributed by atoms with Crippen molar-refractivity contribution in [1.29, 1.82) is 0 Å². The Labute approximate surface area is 263 Å². The number of rotatable bonds is 8. The van der Waals surface area contributed by atoms with E-state index in [4.69, 9.17) is 11.6 Å². The molecule has 1 saturated heterocycles. The number of aliphatic hydroxyl groups is 1. The second kappa shape index (κ2) is 12.6. The fourth-order valence-electron chi connectivity index (χ4n) is 5.97. The third-order valence-corrected chi connectivity index (χ3v) is 8.63. The van der Waals surface area contributed by atoms with Crippen LogP contribution in [-0.4, -0.2) is 74.4 Å². The Morgan fingerprint density at radius 2 is 1.69 bits per heavy atom. The van der Waals surface area contributed by atoms with Crippen LogP contribution in [0.5, 0.6) is 0 Å². The molecular formula is C34H32ClN5O5. The summed E-state index contributed by atoms with van der Waals surface area (Å²) in [4.78, 5) is 63.1. The number of aromatic nitrogens is 2. The number of hydrogen-bond donors (Lipinski definition) is 4. The molecule has 0 saturated carbocycles. The highest BCUT2D eigenvalue weighted by Crippen LogP contribution is 2.24. The molecule has 3 amide bonds. The zero-order valence-corrected chi connectivity index (χ0v) is 25.3. The molecule has 0 bridgehead atoms. The van der Waals surface area contributed by atoms with Gasteiger partial charge < -0.3 is 30.2 Å². The van der Waals surface area contributed by atoms with E-state index < -0.39 is 30.0 Å². The molecular weight excluding hydrogens is 594 g/mol. The summed E-state index contributed by atoms with van der Waals surface area (Å²) in [6.45, 7) is 0.125. The lowest BCUT2D eigenvalue weighted by Gasteiger charge is -2.28. The molecule has 11 heteroatoms. The van der Waals surface area contributed by atoms with Crippen molar-refractivity contribution in [2.75, 3.05) is 13.6 Å². The molecule has 6 rings (SSSR count). The molecule has 1 fully saturated rings. The summed E-state index contributed by atoms with van der Waals surface area (Å²) in [7, 11) is 1.64. The van der Waals surface area contributed by atoms with Crippen LogP contribution in [0.2, 0.25) is 5.02 Å². The van der Waals surface area contributed by atoms with E-state index in [1.54, 1.807) is 37.4 Å². The number of fused-ring (bicyclic) bond motifs is 2. The van der Waals surface area contributed by atoms with E-state index >= 15 is 0 Å². The molecule has 3 atom stereocenters. The number of carbonyl (C=O) groups is 3. The van der Waals surface area contributed by atoms with E-state index in [9.17, 15) is 24.3 Å². The summed E-state index contributed by atoms with van der Waals surface area (Å²) >= 11 is 6.36.